The molecule has 0 amide bonds. The van der Waals surface area contributed by atoms with Gasteiger partial charge in [0, 0.05) is 5.56 Å². The van der Waals surface area contributed by atoms with Gasteiger partial charge < -0.3 is 19.7 Å². The number of nitrogens with one attached hydrogen (secondary N) is 1. The number of benzene rings is 2. The molecule has 2 aromatic carbocycles. The van der Waals surface area contributed by atoms with E-state index in [0.29, 0.717) is 29.2 Å². The maximum Gasteiger partial charge on any atom is 0.311 e. The summed E-state index contributed by atoms with van der Waals surface area (Å²) in [4.78, 5) is 11.8. The van der Waals surface area contributed by atoms with Crippen LogP contribution in [0.3, 0.4) is 0 Å². The fourth-order valence-electron chi connectivity index (χ4n) is 2.22. The van der Waals surface area contributed by atoms with E-state index in [2.05, 4.69) is 5.11 Å². The van der Waals surface area contributed by atoms with Gasteiger partial charge in [0.2, 0.25) is 6.79 Å². The summed E-state index contributed by atoms with van der Waals surface area (Å²) >= 11 is 0. The minimum Gasteiger partial charge on any atom is -0.502 e. The number of hydrogen-bond donors (Lipinski definition) is 1. The number of ether oxygens (including phenoxy) is 3. The van der Waals surface area contributed by atoms with Crippen LogP contribution in [-0.4, -0.2) is 12.8 Å². The first-order valence-corrected chi connectivity index (χ1v) is 6.94. The predicted octanol–water partition coefficient (Wildman–Crippen LogP) is 1.83. The highest BCUT2D eigenvalue weighted by Crippen LogP contribution is 2.35. The van der Waals surface area contributed by atoms with Gasteiger partial charge >= 0.3 is 5.97 Å². The van der Waals surface area contributed by atoms with Gasteiger partial charge in [-0.2, -0.15) is 0 Å². The molecule has 0 saturated heterocycles. The second-order valence-corrected chi connectivity index (χ2v) is 4.90. The van der Waals surface area contributed by atoms with Gasteiger partial charge in [0.05, 0.1) is 12.5 Å². The Labute approximate surface area is 131 Å². The van der Waals surface area contributed by atoms with Gasteiger partial charge in [0.15, 0.2) is 17.2 Å². The lowest BCUT2D eigenvalue weighted by molar-refractivity contribution is -0.380. The predicted molar refractivity (Wildman–Crippen MR) is 76.9 cm³/mol. The molecule has 0 aromatic heterocycles. The lowest BCUT2D eigenvalue weighted by atomic mass is 10.1. The number of hydrogen-bond acceptors (Lipinski definition) is 4. The number of rotatable bonds is 5. The molecule has 0 radical (unpaired) electrons. The van der Waals surface area contributed by atoms with E-state index in [-0.39, 0.29) is 19.0 Å². The molecule has 1 aliphatic rings. The van der Waals surface area contributed by atoms with E-state index in [4.69, 9.17) is 14.2 Å². The van der Waals surface area contributed by atoms with Crippen LogP contribution in [0.4, 0.5) is 10.1 Å². The molecular formula is C16H13FN2O4. The van der Waals surface area contributed by atoms with Crippen molar-refractivity contribution >= 4 is 11.7 Å². The minimum absolute atomic E-state index is 0.0890. The quantitative estimate of drug-likeness (QED) is 0.518. The van der Waals surface area contributed by atoms with Crippen LogP contribution < -0.4 is 19.3 Å². The van der Waals surface area contributed by atoms with Crippen molar-refractivity contribution in [2.45, 2.75) is 12.8 Å². The van der Waals surface area contributed by atoms with E-state index in [1.165, 1.54) is 24.3 Å². The van der Waals surface area contributed by atoms with E-state index in [9.17, 15) is 14.7 Å². The van der Waals surface area contributed by atoms with Crippen LogP contribution in [0.15, 0.2) is 36.4 Å². The number of halogens is 1. The third-order valence-corrected chi connectivity index (χ3v) is 3.36. The molecular weight excluding hydrogens is 303 g/mol. The molecule has 0 aliphatic carbocycles. The van der Waals surface area contributed by atoms with Crippen LogP contribution >= 0.6 is 0 Å². The van der Waals surface area contributed by atoms with Crippen molar-refractivity contribution in [3.63, 3.8) is 0 Å². The van der Waals surface area contributed by atoms with Gasteiger partial charge in [-0.25, -0.2) is 4.39 Å². The molecule has 0 atom stereocenters. The molecule has 6 nitrogen and oxygen atoms in total. The molecule has 7 heteroatoms. The van der Waals surface area contributed by atoms with Gasteiger partial charge in [-0.1, -0.05) is 0 Å². The topological polar surface area (TPSA) is 81.0 Å². The second kappa shape index (κ2) is 6.43. The number of carbonyl (C=O) groups excluding carboxylic acids is 1. The zero-order chi connectivity index (χ0) is 16.2. The Morgan fingerprint density at radius 3 is 2.61 bits per heavy atom. The molecule has 118 valence electrons. The van der Waals surface area contributed by atoms with Crippen molar-refractivity contribution in [1.82, 2.24) is 0 Å². The van der Waals surface area contributed by atoms with E-state index in [1.54, 1.807) is 12.1 Å². The fourth-order valence-corrected chi connectivity index (χ4v) is 2.22. The normalized spacial score (nSPS) is 12.0. The highest BCUT2D eigenvalue weighted by Gasteiger charge is 2.19. The van der Waals surface area contributed by atoms with Crippen LogP contribution in [0.25, 0.3) is 5.53 Å². The van der Waals surface area contributed by atoms with E-state index in [1.807, 2.05) is 0 Å². The Bertz CT molecular complexity index is 746. The number of carbonyl (C=O) groups is 1. The van der Waals surface area contributed by atoms with Gasteiger partial charge in [0.25, 0.3) is 0 Å². The van der Waals surface area contributed by atoms with Crippen molar-refractivity contribution in [3.05, 3.63) is 53.3 Å². The van der Waals surface area contributed by atoms with Crippen LogP contribution in [0.5, 0.6) is 17.2 Å². The van der Waals surface area contributed by atoms with Crippen LogP contribution in [0.2, 0.25) is 0 Å². The maximum atomic E-state index is 12.8. The lowest BCUT2D eigenvalue weighted by Gasteiger charge is -2.06. The highest BCUT2D eigenvalue weighted by molar-refractivity contribution is 5.73. The zero-order valence-electron chi connectivity index (χ0n) is 12.0. The van der Waals surface area contributed by atoms with Crippen molar-refractivity contribution in [2.24, 2.45) is 0 Å². The first-order valence-electron chi connectivity index (χ1n) is 6.94. The fraction of sp³-hybridized carbons (Fsp3) is 0.188. The lowest BCUT2D eigenvalue weighted by Crippen LogP contribution is -2.55. The molecule has 1 heterocycles. The number of nitrogens with zero attached hydrogens (tertiary/aromatic N) is 1. The Morgan fingerprint density at radius 2 is 1.91 bits per heavy atom. The summed E-state index contributed by atoms with van der Waals surface area (Å²) in [5, 5.41) is 2.08. The Morgan fingerprint density at radius 1 is 1.22 bits per heavy atom. The van der Waals surface area contributed by atoms with Crippen molar-refractivity contribution in [3.8, 4) is 17.2 Å². The standard InChI is InChI=1S/C16H13FN2O4/c17-11-2-4-12(5-3-11)23-16(20)6-1-10-7-14-15(22-9-21-14)8-13(10)19-18/h2-5,7-8,19H,1,6,9H2. The first-order chi connectivity index (χ1) is 11.2. The third-order valence-electron chi connectivity index (χ3n) is 3.36. The smallest absolute Gasteiger partial charge is 0.311 e. The minimum atomic E-state index is -0.460. The largest absolute Gasteiger partial charge is 0.502 e. The van der Waals surface area contributed by atoms with Crippen molar-refractivity contribution in [1.29, 1.82) is 0 Å². The van der Waals surface area contributed by atoms with Crippen molar-refractivity contribution in [2.75, 3.05) is 6.79 Å². The van der Waals surface area contributed by atoms with Gasteiger partial charge in [-0.05, 0) is 36.8 Å². The van der Waals surface area contributed by atoms with Crippen molar-refractivity contribution < 1.29 is 28.5 Å². The van der Waals surface area contributed by atoms with Gasteiger partial charge in [-0.3, -0.25) is 9.91 Å². The van der Waals surface area contributed by atoms with Gasteiger partial charge in [0.1, 0.15) is 11.6 Å². The summed E-state index contributed by atoms with van der Waals surface area (Å²) in [6, 6.07) is 8.50. The molecule has 0 fully saturated rings. The summed E-state index contributed by atoms with van der Waals surface area (Å²) in [7, 11) is 0. The van der Waals surface area contributed by atoms with Crippen LogP contribution in [0.1, 0.15) is 12.0 Å². The highest BCUT2D eigenvalue weighted by atomic mass is 19.1. The average Bonchev–Trinajstić information content (AvgIpc) is 3.01. The molecule has 1 N–H and O–H groups in total. The molecule has 1 aliphatic heterocycles. The molecule has 23 heavy (non-hydrogen) atoms. The molecule has 0 bridgehead atoms. The van der Waals surface area contributed by atoms with E-state index < -0.39 is 11.8 Å². The molecule has 0 unspecified atom stereocenters. The molecule has 3 rings (SSSR count). The molecule has 0 saturated carbocycles. The Hall–Kier alpha value is -2.96. The third kappa shape index (κ3) is 3.45. The SMILES string of the molecule is [N-]=[NH+]c1cc2c(cc1CCC(=O)Oc1ccc(F)cc1)OCO2. The summed E-state index contributed by atoms with van der Waals surface area (Å²) in [6.45, 7) is 0.121. The van der Waals surface area contributed by atoms with E-state index >= 15 is 0 Å². The summed E-state index contributed by atoms with van der Waals surface area (Å²) in [6.07, 6.45) is 0.422. The Kier molecular flexibility index (Phi) is 4.18. The average molecular weight is 316 g/mol. The summed E-state index contributed by atoms with van der Waals surface area (Å²) in [5.74, 6) is 0.509. The zero-order valence-corrected chi connectivity index (χ0v) is 12.0. The summed E-state index contributed by atoms with van der Waals surface area (Å²) < 4.78 is 28.4. The maximum absolute atomic E-state index is 12.8. The molecule has 2 aromatic rings. The van der Waals surface area contributed by atoms with E-state index in [0.717, 1.165) is 0 Å². The number of aryl methyl sites for hydroxylation is 1. The van der Waals surface area contributed by atoms with Crippen LogP contribution in [0, 0.1) is 5.82 Å². The second-order valence-electron chi connectivity index (χ2n) is 4.90. The Balaban J connectivity index is 1.64. The summed E-state index contributed by atoms with van der Waals surface area (Å²) in [5.41, 5.74) is 10.3. The number of fused-ring (bicyclic) bond motifs is 1. The first kappa shape index (κ1) is 15.0. The molecule has 0 spiro atoms. The van der Waals surface area contributed by atoms with Gasteiger partial charge in [-0.15, -0.1) is 0 Å². The van der Waals surface area contributed by atoms with Crippen LogP contribution in [-0.2, 0) is 11.2 Å². The number of esters is 1. The monoisotopic (exact) mass is 316 g/mol.